The van der Waals surface area contributed by atoms with E-state index in [9.17, 15) is 0 Å². The van der Waals surface area contributed by atoms with E-state index >= 15 is 0 Å². The summed E-state index contributed by atoms with van der Waals surface area (Å²) in [5.74, 6) is 0. The van der Waals surface area contributed by atoms with Gasteiger partial charge in [0.25, 0.3) is 6.71 Å². The van der Waals surface area contributed by atoms with Crippen LogP contribution in [0.2, 0.25) is 0 Å². The second kappa shape index (κ2) is 12.7. The maximum absolute atomic E-state index is 2.82. The standard InChI is InChI=1S/C55H46BN3/c1-37-34-50-52-51(35-37)59-53-45(54(2)32-14-15-33-55(54,59)3)27-17-28-47(53)56(52)46-31-30-41(36-49(46)58(50)40-22-8-5-9-23-40)57(39-20-6-4-7-21-39)48-29-13-12-25-44(48)43-26-16-19-38-18-10-11-24-42(38)43/h4-13,16-31,34-36H,14-15,32-33H2,1-3H3. The van der Waals surface area contributed by atoms with Crippen molar-refractivity contribution in [3.63, 3.8) is 0 Å². The highest BCUT2D eigenvalue weighted by Crippen LogP contribution is 2.61. The molecule has 0 aromatic heterocycles. The first-order chi connectivity index (χ1) is 28.9. The number of aryl methyl sites for hydroxylation is 1. The normalized spacial score (nSPS) is 19.5. The van der Waals surface area contributed by atoms with Gasteiger partial charge < -0.3 is 14.7 Å². The van der Waals surface area contributed by atoms with Gasteiger partial charge in [-0.25, -0.2) is 0 Å². The van der Waals surface area contributed by atoms with Crippen molar-refractivity contribution < 1.29 is 0 Å². The lowest BCUT2D eigenvalue weighted by Crippen LogP contribution is -2.64. The minimum atomic E-state index is 0.00554. The van der Waals surface area contributed by atoms with E-state index in [1.54, 1.807) is 0 Å². The Hall–Kier alpha value is -6.52. The largest absolute Gasteiger partial charge is 0.335 e. The van der Waals surface area contributed by atoms with Gasteiger partial charge in [0.1, 0.15) is 0 Å². The molecule has 0 radical (unpaired) electrons. The van der Waals surface area contributed by atoms with Crippen LogP contribution in [-0.4, -0.2) is 12.3 Å². The topological polar surface area (TPSA) is 9.72 Å². The van der Waals surface area contributed by atoms with E-state index in [1.165, 1.54) is 104 Å². The number of para-hydroxylation sites is 4. The van der Waals surface area contributed by atoms with E-state index in [0.29, 0.717) is 0 Å². The molecular weight excluding hydrogens is 713 g/mol. The van der Waals surface area contributed by atoms with Crippen molar-refractivity contribution >= 4 is 79.4 Å². The van der Waals surface area contributed by atoms with E-state index in [1.807, 2.05) is 0 Å². The minimum Gasteiger partial charge on any atom is -0.335 e. The lowest BCUT2D eigenvalue weighted by Gasteiger charge is -2.52. The summed E-state index contributed by atoms with van der Waals surface area (Å²) >= 11 is 0. The Bertz CT molecular complexity index is 2970. The predicted octanol–water partition coefficient (Wildman–Crippen LogP) is 12.6. The number of fused-ring (bicyclic) bond motifs is 8. The SMILES string of the molecule is Cc1cc2c3c(c1)N1c4c(cccc4C4(C)CCCCC14C)B3c1ccc(N(c3ccccc3)c3ccccc3-c3cccc4ccccc34)cc1N2c1ccccc1. The average molecular weight is 760 g/mol. The molecular formula is C55H46BN3. The Morgan fingerprint density at radius 1 is 0.559 bits per heavy atom. The van der Waals surface area contributed by atoms with Crippen LogP contribution in [0.15, 0.2) is 176 Å². The first-order valence-electron chi connectivity index (χ1n) is 21.4. The third-order valence-electron chi connectivity index (χ3n) is 14.6. The van der Waals surface area contributed by atoms with E-state index in [2.05, 4.69) is 211 Å². The lowest BCUT2D eigenvalue weighted by molar-refractivity contribution is 0.195. The summed E-state index contributed by atoms with van der Waals surface area (Å²) in [6.45, 7) is 7.53. The summed E-state index contributed by atoms with van der Waals surface area (Å²) in [5, 5.41) is 2.50. The van der Waals surface area contributed by atoms with Gasteiger partial charge in [-0.05, 0) is 125 Å². The number of hydrogen-bond donors (Lipinski definition) is 0. The van der Waals surface area contributed by atoms with Crippen LogP contribution in [0, 0.1) is 6.92 Å². The Labute approximate surface area is 348 Å². The number of benzene rings is 8. The second-order valence-corrected chi connectivity index (χ2v) is 17.7. The summed E-state index contributed by atoms with van der Waals surface area (Å²) in [5.41, 5.74) is 19.5. The lowest BCUT2D eigenvalue weighted by atomic mass is 9.33. The Morgan fingerprint density at radius 3 is 2.12 bits per heavy atom. The monoisotopic (exact) mass is 759 g/mol. The quantitative estimate of drug-likeness (QED) is 0.162. The van der Waals surface area contributed by atoms with Crippen LogP contribution in [0.1, 0.15) is 50.7 Å². The molecule has 3 aliphatic heterocycles. The van der Waals surface area contributed by atoms with Crippen LogP contribution in [-0.2, 0) is 5.41 Å². The summed E-state index contributed by atoms with van der Waals surface area (Å²) < 4.78 is 0. The molecule has 2 unspecified atom stereocenters. The van der Waals surface area contributed by atoms with Crippen LogP contribution in [0.4, 0.5) is 45.5 Å². The molecule has 3 nitrogen and oxygen atoms in total. The fourth-order valence-corrected chi connectivity index (χ4v) is 11.8. The highest BCUT2D eigenvalue weighted by Gasteiger charge is 2.61. The van der Waals surface area contributed by atoms with Crippen molar-refractivity contribution in [1.82, 2.24) is 0 Å². The van der Waals surface area contributed by atoms with Gasteiger partial charge in [-0.15, -0.1) is 0 Å². The second-order valence-electron chi connectivity index (χ2n) is 17.7. The first-order valence-corrected chi connectivity index (χ1v) is 21.4. The van der Waals surface area contributed by atoms with Gasteiger partial charge in [0.15, 0.2) is 0 Å². The van der Waals surface area contributed by atoms with Crippen LogP contribution in [0.3, 0.4) is 0 Å². The van der Waals surface area contributed by atoms with E-state index in [-0.39, 0.29) is 17.7 Å². The molecule has 4 aliphatic rings. The van der Waals surface area contributed by atoms with Gasteiger partial charge in [0.2, 0.25) is 0 Å². The van der Waals surface area contributed by atoms with Crippen molar-refractivity contribution in [2.75, 3.05) is 14.7 Å². The van der Waals surface area contributed by atoms with Crippen LogP contribution >= 0.6 is 0 Å². The number of anilines is 8. The Kier molecular flexibility index (Phi) is 7.45. The van der Waals surface area contributed by atoms with Crippen LogP contribution < -0.4 is 31.1 Å². The third kappa shape index (κ3) is 4.78. The zero-order chi connectivity index (χ0) is 39.5. The number of hydrogen-bond acceptors (Lipinski definition) is 3. The summed E-state index contributed by atoms with van der Waals surface area (Å²) in [6.07, 6.45) is 4.98. The Morgan fingerprint density at radius 2 is 1.25 bits per heavy atom. The smallest absolute Gasteiger partial charge is 0.252 e. The molecule has 284 valence electrons. The molecule has 8 aromatic rings. The predicted molar refractivity (Wildman–Crippen MR) is 251 cm³/mol. The highest BCUT2D eigenvalue weighted by molar-refractivity contribution is 7.00. The maximum Gasteiger partial charge on any atom is 0.252 e. The molecule has 8 aromatic carbocycles. The third-order valence-corrected chi connectivity index (χ3v) is 14.6. The van der Waals surface area contributed by atoms with Crippen molar-refractivity contribution in [1.29, 1.82) is 0 Å². The first kappa shape index (κ1) is 34.5. The zero-order valence-corrected chi connectivity index (χ0v) is 34.0. The highest BCUT2D eigenvalue weighted by atomic mass is 15.3. The van der Waals surface area contributed by atoms with E-state index in [4.69, 9.17) is 0 Å². The summed E-state index contributed by atoms with van der Waals surface area (Å²) in [6, 6.07) is 65.8. The molecule has 59 heavy (non-hydrogen) atoms. The van der Waals surface area contributed by atoms with Gasteiger partial charge in [-0.1, -0.05) is 141 Å². The molecule has 1 aliphatic carbocycles. The molecule has 1 saturated carbocycles. The van der Waals surface area contributed by atoms with Crippen molar-refractivity contribution in [3.8, 4) is 11.1 Å². The Balaban J connectivity index is 1.13. The molecule has 0 bridgehead atoms. The maximum atomic E-state index is 2.82. The van der Waals surface area contributed by atoms with Crippen molar-refractivity contribution in [2.45, 2.75) is 57.4 Å². The fourth-order valence-electron chi connectivity index (χ4n) is 11.8. The van der Waals surface area contributed by atoms with Gasteiger partial charge in [-0.2, -0.15) is 0 Å². The molecule has 0 N–H and O–H groups in total. The van der Waals surface area contributed by atoms with E-state index < -0.39 is 0 Å². The van der Waals surface area contributed by atoms with Gasteiger partial charge in [-0.3, -0.25) is 0 Å². The zero-order valence-electron chi connectivity index (χ0n) is 34.0. The molecule has 0 saturated heterocycles. The molecule has 1 fully saturated rings. The van der Waals surface area contributed by atoms with Gasteiger partial charge in [0, 0.05) is 50.8 Å². The number of nitrogens with zero attached hydrogens (tertiary/aromatic N) is 3. The van der Waals surface area contributed by atoms with Gasteiger partial charge in [0.05, 0.1) is 11.2 Å². The van der Waals surface area contributed by atoms with Crippen molar-refractivity contribution in [2.24, 2.45) is 0 Å². The van der Waals surface area contributed by atoms with Crippen LogP contribution in [0.5, 0.6) is 0 Å². The molecule has 3 heterocycles. The molecule has 0 amide bonds. The molecule has 12 rings (SSSR count). The number of rotatable bonds is 5. The summed E-state index contributed by atoms with van der Waals surface area (Å²) in [7, 11) is 0. The average Bonchev–Trinajstić information content (AvgIpc) is 3.49. The van der Waals surface area contributed by atoms with Crippen molar-refractivity contribution in [3.05, 3.63) is 187 Å². The van der Waals surface area contributed by atoms with E-state index in [0.717, 1.165) is 17.1 Å². The van der Waals surface area contributed by atoms with Gasteiger partial charge >= 0.3 is 0 Å². The molecule has 0 spiro atoms. The molecule has 4 heteroatoms. The minimum absolute atomic E-state index is 0.00554. The summed E-state index contributed by atoms with van der Waals surface area (Å²) in [4.78, 5) is 7.85. The van der Waals surface area contributed by atoms with Crippen LogP contribution in [0.25, 0.3) is 21.9 Å². The molecule has 2 atom stereocenters. The fraction of sp³-hybridized carbons (Fsp3) is 0.164.